The Labute approximate surface area is 123 Å². The molecule has 0 saturated heterocycles. The van der Waals surface area contributed by atoms with Crippen molar-refractivity contribution >= 4 is 5.69 Å². The monoisotopic (exact) mass is 269 g/mol. The zero-order valence-corrected chi connectivity index (χ0v) is 12.9. The first-order valence-electron chi connectivity index (χ1n) is 8.27. The van der Waals surface area contributed by atoms with Gasteiger partial charge in [-0.2, -0.15) is 0 Å². The van der Waals surface area contributed by atoms with E-state index in [2.05, 4.69) is 49.5 Å². The minimum Gasteiger partial charge on any atom is -0.384 e. The van der Waals surface area contributed by atoms with Gasteiger partial charge in [-0.15, -0.1) is 0 Å². The highest BCUT2D eigenvalue weighted by Gasteiger charge is 2.59. The molecule has 5 rings (SSSR count). The van der Waals surface area contributed by atoms with Crippen LogP contribution in [0.3, 0.4) is 0 Å². The van der Waals surface area contributed by atoms with Gasteiger partial charge in [0.2, 0.25) is 0 Å². The van der Waals surface area contributed by atoms with Crippen molar-refractivity contribution < 1.29 is 0 Å². The zero-order valence-electron chi connectivity index (χ0n) is 12.9. The van der Waals surface area contributed by atoms with Gasteiger partial charge in [-0.3, -0.25) is 0 Å². The van der Waals surface area contributed by atoms with E-state index in [1.54, 1.807) is 0 Å². The summed E-state index contributed by atoms with van der Waals surface area (Å²) in [6, 6.07) is 10.8. The summed E-state index contributed by atoms with van der Waals surface area (Å²) in [6.45, 7) is 6.30. The average Bonchev–Trinajstić information content (AvgIpc) is 2.33. The van der Waals surface area contributed by atoms with Gasteiger partial charge in [0, 0.05) is 12.2 Å². The van der Waals surface area contributed by atoms with Crippen molar-refractivity contribution in [3.63, 3.8) is 0 Å². The Morgan fingerprint density at radius 1 is 0.950 bits per heavy atom. The van der Waals surface area contributed by atoms with Gasteiger partial charge < -0.3 is 5.32 Å². The molecule has 0 aromatic heterocycles. The van der Waals surface area contributed by atoms with Gasteiger partial charge in [-0.1, -0.05) is 32.0 Å². The van der Waals surface area contributed by atoms with Crippen LogP contribution < -0.4 is 5.32 Å². The van der Waals surface area contributed by atoms with Crippen LogP contribution in [-0.2, 0) is 0 Å². The Balaban J connectivity index is 1.55. The van der Waals surface area contributed by atoms with Crippen molar-refractivity contribution in [3.05, 3.63) is 30.3 Å². The lowest BCUT2D eigenvalue weighted by atomic mass is 9.40. The molecule has 4 bridgehead atoms. The summed E-state index contributed by atoms with van der Waals surface area (Å²) in [7, 11) is 0. The smallest absolute Gasteiger partial charge is 0.0340 e. The molecule has 0 spiro atoms. The number of hydrogen-bond donors (Lipinski definition) is 1. The second-order valence-corrected chi connectivity index (χ2v) is 8.85. The van der Waals surface area contributed by atoms with Crippen molar-refractivity contribution in [3.8, 4) is 0 Å². The Morgan fingerprint density at radius 3 is 2.20 bits per heavy atom. The summed E-state index contributed by atoms with van der Waals surface area (Å²) in [5, 5.41) is 3.74. The summed E-state index contributed by atoms with van der Waals surface area (Å²) in [4.78, 5) is 0. The summed E-state index contributed by atoms with van der Waals surface area (Å²) in [5.74, 6) is 0.999. The topological polar surface area (TPSA) is 12.0 Å². The summed E-state index contributed by atoms with van der Waals surface area (Å²) >= 11 is 0. The molecule has 4 aliphatic rings. The van der Waals surface area contributed by atoms with Crippen LogP contribution in [0.25, 0.3) is 0 Å². The molecular formula is C19H27N. The molecule has 1 heteroatoms. The maximum Gasteiger partial charge on any atom is 0.0340 e. The lowest BCUT2D eigenvalue weighted by Gasteiger charge is -2.65. The van der Waals surface area contributed by atoms with E-state index in [-0.39, 0.29) is 0 Å². The number of hydrogen-bond acceptors (Lipinski definition) is 1. The van der Waals surface area contributed by atoms with Crippen LogP contribution in [0, 0.1) is 22.2 Å². The molecule has 1 aromatic rings. The fourth-order valence-corrected chi connectivity index (χ4v) is 6.73. The lowest BCUT2D eigenvalue weighted by molar-refractivity contribution is -0.138. The second kappa shape index (κ2) is 4.02. The van der Waals surface area contributed by atoms with Crippen LogP contribution in [0.2, 0.25) is 0 Å². The highest BCUT2D eigenvalue weighted by atomic mass is 14.9. The lowest BCUT2D eigenvalue weighted by Crippen LogP contribution is -2.56. The van der Waals surface area contributed by atoms with E-state index >= 15 is 0 Å². The van der Waals surface area contributed by atoms with Crippen LogP contribution in [0.1, 0.15) is 52.4 Å². The maximum absolute atomic E-state index is 3.74. The highest BCUT2D eigenvalue weighted by molar-refractivity contribution is 5.42. The largest absolute Gasteiger partial charge is 0.384 e. The van der Waals surface area contributed by atoms with Crippen LogP contribution in [0.5, 0.6) is 0 Å². The maximum atomic E-state index is 3.74. The van der Waals surface area contributed by atoms with Gasteiger partial charge >= 0.3 is 0 Å². The molecule has 20 heavy (non-hydrogen) atoms. The number of rotatable bonds is 3. The molecule has 4 fully saturated rings. The molecule has 0 radical (unpaired) electrons. The van der Waals surface area contributed by atoms with E-state index in [0.29, 0.717) is 16.2 Å². The third-order valence-electron chi connectivity index (χ3n) is 6.18. The predicted molar refractivity (Wildman–Crippen MR) is 84.8 cm³/mol. The van der Waals surface area contributed by atoms with E-state index in [1.807, 2.05) is 0 Å². The van der Waals surface area contributed by atoms with Crippen molar-refractivity contribution in [1.29, 1.82) is 0 Å². The fourth-order valence-electron chi connectivity index (χ4n) is 6.73. The van der Waals surface area contributed by atoms with E-state index in [9.17, 15) is 0 Å². The highest BCUT2D eigenvalue weighted by Crippen LogP contribution is 2.69. The SMILES string of the molecule is CC12CC3CC(C)(C1)CC(CNc1ccccc1)(C3)C2. The molecule has 2 atom stereocenters. The van der Waals surface area contributed by atoms with E-state index < -0.39 is 0 Å². The van der Waals surface area contributed by atoms with Crippen LogP contribution in [-0.4, -0.2) is 6.54 Å². The first kappa shape index (κ1) is 12.7. The Morgan fingerprint density at radius 2 is 1.60 bits per heavy atom. The Bertz CT molecular complexity index is 488. The molecule has 108 valence electrons. The Hall–Kier alpha value is -0.980. The van der Waals surface area contributed by atoms with Gasteiger partial charge in [0.05, 0.1) is 0 Å². The first-order valence-corrected chi connectivity index (χ1v) is 8.27. The molecule has 4 aliphatic carbocycles. The molecule has 1 nitrogen and oxygen atoms in total. The third-order valence-corrected chi connectivity index (χ3v) is 6.18. The number of benzene rings is 1. The molecule has 0 amide bonds. The molecule has 1 aromatic carbocycles. The van der Waals surface area contributed by atoms with E-state index in [0.717, 1.165) is 5.92 Å². The Kier molecular flexibility index (Phi) is 2.56. The van der Waals surface area contributed by atoms with Crippen LogP contribution in [0.4, 0.5) is 5.69 Å². The summed E-state index contributed by atoms with van der Waals surface area (Å²) in [6.07, 6.45) is 8.84. The van der Waals surface area contributed by atoms with Gasteiger partial charge in [0.1, 0.15) is 0 Å². The molecule has 0 aliphatic heterocycles. The molecule has 1 N–H and O–H groups in total. The van der Waals surface area contributed by atoms with Gasteiger partial charge in [-0.05, 0) is 72.8 Å². The van der Waals surface area contributed by atoms with Crippen molar-refractivity contribution in [2.24, 2.45) is 22.2 Å². The normalized spacial score (nSPS) is 45.6. The molecule has 2 unspecified atom stereocenters. The summed E-state index contributed by atoms with van der Waals surface area (Å²) < 4.78 is 0. The zero-order chi connectivity index (χ0) is 13.8. The summed E-state index contributed by atoms with van der Waals surface area (Å²) in [5.41, 5.74) is 3.12. The van der Waals surface area contributed by atoms with Gasteiger partial charge in [-0.25, -0.2) is 0 Å². The quantitative estimate of drug-likeness (QED) is 0.805. The average molecular weight is 269 g/mol. The minimum atomic E-state index is 0.568. The van der Waals surface area contributed by atoms with Crippen LogP contribution in [0.15, 0.2) is 30.3 Å². The molecule has 4 saturated carbocycles. The molecule has 0 heterocycles. The van der Waals surface area contributed by atoms with Gasteiger partial charge in [0.15, 0.2) is 0 Å². The number of nitrogens with one attached hydrogen (secondary N) is 1. The van der Waals surface area contributed by atoms with Crippen molar-refractivity contribution in [1.82, 2.24) is 0 Å². The van der Waals surface area contributed by atoms with E-state index in [1.165, 1.54) is 50.8 Å². The van der Waals surface area contributed by atoms with Crippen molar-refractivity contribution in [2.45, 2.75) is 52.4 Å². The molecular weight excluding hydrogens is 242 g/mol. The second-order valence-electron chi connectivity index (χ2n) is 8.85. The van der Waals surface area contributed by atoms with E-state index in [4.69, 9.17) is 0 Å². The third kappa shape index (κ3) is 2.06. The fraction of sp³-hybridized carbons (Fsp3) is 0.684. The minimum absolute atomic E-state index is 0.568. The standard InChI is InChI=1S/C19H27N/c1-17-8-15-9-18(2,11-17)13-19(10-15,12-17)14-20-16-6-4-3-5-7-16/h3-7,15,20H,8-14H2,1-2H3. The first-order chi connectivity index (χ1) is 9.49. The predicted octanol–water partition coefficient (Wildman–Crippen LogP) is 5.10. The van der Waals surface area contributed by atoms with Crippen molar-refractivity contribution in [2.75, 3.05) is 11.9 Å². The van der Waals surface area contributed by atoms with Crippen LogP contribution >= 0.6 is 0 Å². The number of anilines is 1. The number of para-hydroxylation sites is 1. The van der Waals surface area contributed by atoms with Gasteiger partial charge in [0.25, 0.3) is 0 Å².